The van der Waals surface area contributed by atoms with Crippen molar-refractivity contribution < 1.29 is 38.9 Å². The molecule has 2 fully saturated rings. The number of rotatable bonds is 13. The van der Waals surface area contributed by atoms with E-state index in [4.69, 9.17) is 9.47 Å². The predicted molar refractivity (Wildman–Crippen MR) is 283 cm³/mol. The van der Waals surface area contributed by atoms with Crippen molar-refractivity contribution in [1.82, 2.24) is 30.5 Å². The van der Waals surface area contributed by atoms with Gasteiger partial charge in [0, 0.05) is 12.1 Å². The van der Waals surface area contributed by atoms with Gasteiger partial charge in [-0.05, 0) is 82.8 Å². The zero-order valence-corrected chi connectivity index (χ0v) is 41.3. The number of ether oxygens (including phenoxy) is 2. The molecule has 15 heteroatoms. The largest absolute Gasteiger partial charge is 0.491 e. The summed E-state index contributed by atoms with van der Waals surface area (Å²) >= 11 is 0. The van der Waals surface area contributed by atoms with Crippen LogP contribution in [0.25, 0.3) is 11.0 Å². The van der Waals surface area contributed by atoms with Gasteiger partial charge in [-0.2, -0.15) is 0 Å². The van der Waals surface area contributed by atoms with Crippen molar-refractivity contribution in [3.05, 3.63) is 227 Å². The monoisotopic (exact) mass is 1010 g/mol. The number of aliphatic hydroxyl groups is 2. The molecule has 3 aliphatic heterocycles. The number of imide groups is 1. The summed E-state index contributed by atoms with van der Waals surface area (Å²) in [7, 11) is 0. The van der Waals surface area contributed by atoms with E-state index in [9.17, 15) is 10.2 Å². The lowest BCUT2D eigenvalue weighted by molar-refractivity contribution is -0.178. The smallest absolute Gasteiger partial charge is 0.329 e. The number of morpholine rings is 1. The highest BCUT2D eigenvalue weighted by Gasteiger charge is 2.75. The highest BCUT2D eigenvalue weighted by molar-refractivity contribution is 6.24. The number of nitrogens with zero attached hydrogens (tertiary/aromatic N) is 5. The molecule has 8 atom stereocenters. The van der Waals surface area contributed by atoms with Gasteiger partial charge in [-0.15, -0.1) is 5.10 Å². The van der Waals surface area contributed by atoms with E-state index >= 15 is 19.2 Å². The van der Waals surface area contributed by atoms with Crippen molar-refractivity contribution in [2.75, 3.05) is 24.7 Å². The minimum absolute atomic E-state index is 0.0208. The number of anilines is 1. The van der Waals surface area contributed by atoms with Gasteiger partial charge in [0.05, 0.1) is 48.0 Å². The number of benzene rings is 7. The number of aliphatic hydroxyl groups excluding tert-OH is 2. The number of para-hydroxylation sites is 1. The topological polar surface area (TPSA) is 188 Å². The first kappa shape index (κ1) is 49.3. The molecule has 0 bridgehead atoms. The summed E-state index contributed by atoms with van der Waals surface area (Å²) in [5.74, 6) is 3.05. The molecule has 0 aliphatic carbocycles. The van der Waals surface area contributed by atoms with Crippen LogP contribution in [0.1, 0.15) is 76.2 Å². The molecule has 76 heavy (non-hydrogen) atoms. The number of hydrogen-bond acceptors (Lipinski definition) is 11. The number of carbonyl (C=O) groups is 4. The summed E-state index contributed by atoms with van der Waals surface area (Å²) in [5.41, 5.74) is 3.57. The van der Waals surface area contributed by atoms with Crippen LogP contribution in [0.4, 0.5) is 10.5 Å². The van der Waals surface area contributed by atoms with Gasteiger partial charge >= 0.3 is 12.0 Å². The molecule has 4 amide bonds. The maximum absolute atomic E-state index is 16.8. The molecule has 0 unspecified atom stereocenters. The van der Waals surface area contributed by atoms with Crippen LogP contribution in [0.15, 0.2) is 188 Å². The number of amides is 4. The quantitative estimate of drug-likeness (QED) is 0.0651. The summed E-state index contributed by atoms with van der Waals surface area (Å²) in [4.78, 5) is 66.6. The van der Waals surface area contributed by atoms with Crippen LogP contribution in [0.5, 0.6) is 5.75 Å². The molecule has 7 aromatic carbocycles. The third-order valence-electron chi connectivity index (χ3n) is 14.7. The van der Waals surface area contributed by atoms with Gasteiger partial charge in [-0.3, -0.25) is 19.3 Å². The maximum Gasteiger partial charge on any atom is 0.329 e. The lowest BCUT2D eigenvalue weighted by Gasteiger charge is -2.46. The Kier molecular flexibility index (Phi) is 13.7. The second-order valence-corrected chi connectivity index (χ2v) is 19.1. The molecule has 4 N–H and O–H groups in total. The maximum atomic E-state index is 16.8. The van der Waals surface area contributed by atoms with E-state index in [-0.39, 0.29) is 37.6 Å². The van der Waals surface area contributed by atoms with E-state index in [1.165, 1.54) is 0 Å². The number of aromatic nitrogens is 3. The van der Waals surface area contributed by atoms with Crippen LogP contribution < -0.4 is 20.3 Å². The van der Waals surface area contributed by atoms with Gasteiger partial charge in [-0.25, -0.2) is 14.4 Å². The Labute approximate surface area is 438 Å². The normalized spacial score (nSPS) is 21.5. The Bertz CT molecular complexity index is 3480. The molecule has 3 aliphatic rings. The zero-order chi connectivity index (χ0) is 52.3. The first-order valence-electron chi connectivity index (χ1n) is 25.2. The first-order chi connectivity index (χ1) is 37.2. The molecule has 8 aromatic rings. The fourth-order valence-electron chi connectivity index (χ4n) is 11.3. The van der Waals surface area contributed by atoms with E-state index in [0.29, 0.717) is 33.5 Å². The third kappa shape index (κ3) is 8.91. The van der Waals surface area contributed by atoms with Crippen molar-refractivity contribution in [2.24, 2.45) is 5.92 Å². The van der Waals surface area contributed by atoms with Crippen LogP contribution in [-0.2, 0) is 31.1 Å². The van der Waals surface area contributed by atoms with Crippen LogP contribution in [0, 0.1) is 17.8 Å². The highest BCUT2D eigenvalue weighted by atomic mass is 16.6. The average Bonchev–Trinajstić information content (AvgIpc) is 4.17. The number of hydrogen-bond donors (Lipinski definition) is 4. The molecular weight excluding hydrogens is 959 g/mol. The molecule has 4 heterocycles. The zero-order valence-electron chi connectivity index (χ0n) is 41.3. The van der Waals surface area contributed by atoms with Crippen LogP contribution in [0.2, 0.25) is 0 Å². The molecule has 1 aromatic heterocycles. The summed E-state index contributed by atoms with van der Waals surface area (Å²) in [6, 6.07) is 51.9. The minimum atomic E-state index is -2.10. The minimum Gasteiger partial charge on any atom is -0.491 e. The molecule has 15 nitrogen and oxygen atoms in total. The second-order valence-electron chi connectivity index (χ2n) is 19.1. The SMILES string of the molecule is C[C@@H](NC(=O)N1C(=O)[C@@]2(c3cc(C#CCn4nnc5ccccc54)ccc31)[C@H](C(=O)NC[C@H](O)c1ccccc1)[C@H]1C(=O)O[C@H](c3ccccc3)[C@H](c3ccccc3)N1[C@@H]2c1ccc(OCCO)cc1)c1ccccc1. The molecule has 1 spiro atoms. The second kappa shape index (κ2) is 21.1. The molecule has 380 valence electrons. The van der Waals surface area contributed by atoms with Gasteiger partial charge in [0.15, 0.2) is 0 Å². The fourth-order valence-corrected chi connectivity index (χ4v) is 11.3. The standard InChI is InChI=1S/C61H53N7O8/c1-39(41-18-6-2-7-19-41)63-60(74)67-49-33-28-40(17-16-34-66-50-27-15-14-26-48(50)64-65-66)37-47(49)61(59(67)73)52(57(71)62-38-51(70)42-20-8-3-9-21-42)54-58(72)76-55(44-24-12-5-13-25-44)53(43-22-10-4-11-23-43)68(54)56(61)45-29-31-46(32-30-45)75-36-35-69/h2-15,18-33,37,39,51-56,69-70H,34-36,38H2,1H3,(H,62,71)(H,63,74)/t39-,51+,52+,53+,54+,55-,56-,61+/m1/s1. The molecule has 0 radical (unpaired) electrons. The van der Waals surface area contributed by atoms with Gasteiger partial charge in [0.2, 0.25) is 11.8 Å². The van der Waals surface area contributed by atoms with Crippen LogP contribution in [-0.4, -0.2) is 79.7 Å². The third-order valence-corrected chi connectivity index (χ3v) is 14.7. The van der Waals surface area contributed by atoms with Crippen molar-refractivity contribution in [2.45, 2.75) is 55.3 Å². The van der Waals surface area contributed by atoms with Crippen molar-refractivity contribution in [1.29, 1.82) is 0 Å². The predicted octanol–water partition coefficient (Wildman–Crippen LogP) is 7.84. The summed E-state index contributed by atoms with van der Waals surface area (Å²) in [6.07, 6.45) is -2.12. The average molecular weight is 1010 g/mol. The number of fused-ring (bicyclic) bond motifs is 4. The van der Waals surface area contributed by atoms with Crippen molar-refractivity contribution in [3.63, 3.8) is 0 Å². The summed E-state index contributed by atoms with van der Waals surface area (Å²) in [5, 5.41) is 35.9. The van der Waals surface area contributed by atoms with E-state index < -0.39 is 71.5 Å². The molecule has 2 saturated heterocycles. The Morgan fingerprint density at radius 3 is 2.11 bits per heavy atom. The Balaban J connectivity index is 1.15. The Hall–Kier alpha value is -8.94. The van der Waals surface area contributed by atoms with Gasteiger partial charge in [-0.1, -0.05) is 163 Å². The van der Waals surface area contributed by atoms with Crippen molar-refractivity contribution in [3.8, 4) is 17.6 Å². The lowest BCUT2D eigenvalue weighted by atomic mass is 9.65. The lowest BCUT2D eigenvalue weighted by Crippen LogP contribution is -2.56. The summed E-state index contributed by atoms with van der Waals surface area (Å²) in [6.45, 7) is 1.49. The number of carbonyl (C=O) groups excluding carboxylic acids is 4. The number of esters is 1. The summed E-state index contributed by atoms with van der Waals surface area (Å²) < 4.78 is 14.2. The molecule has 0 saturated carbocycles. The fraction of sp³-hybridized carbons (Fsp3) is 0.213. The van der Waals surface area contributed by atoms with E-state index in [1.54, 1.807) is 71.4 Å². The Morgan fingerprint density at radius 2 is 1.41 bits per heavy atom. The van der Waals surface area contributed by atoms with E-state index in [1.807, 2.05) is 133 Å². The van der Waals surface area contributed by atoms with Gasteiger partial charge in [0.25, 0.3) is 0 Å². The number of cyclic esters (lactones) is 1. The first-order valence-corrected chi connectivity index (χ1v) is 25.2. The number of nitrogens with one attached hydrogen (secondary N) is 2. The van der Waals surface area contributed by atoms with Gasteiger partial charge < -0.3 is 30.3 Å². The van der Waals surface area contributed by atoms with Crippen LogP contribution in [0.3, 0.4) is 0 Å². The molecular formula is C61H53N7O8. The van der Waals surface area contributed by atoms with E-state index in [2.05, 4.69) is 32.8 Å². The molecule has 11 rings (SSSR count). The van der Waals surface area contributed by atoms with Crippen LogP contribution >= 0.6 is 0 Å². The van der Waals surface area contributed by atoms with E-state index in [0.717, 1.165) is 21.5 Å². The van der Waals surface area contributed by atoms with Gasteiger partial charge in [0.1, 0.15) is 42.0 Å². The highest BCUT2D eigenvalue weighted by Crippen LogP contribution is 2.66. The Morgan fingerprint density at radius 1 is 0.763 bits per heavy atom. The van der Waals surface area contributed by atoms with Crippen molar-refractivity contribution >= 4 is 40.5 Å². The number of urea groups is 1.